The minimum atomic E-state index is -1.30. The van der Waals surface area contributed by atoms with Crippen LogP contribution in [0, 0.1) is 0 Å². The molecule has 0 unspecified atom stereocenters. The molecule has 1 aliphatic rings. The normalized spacial score (nSPS) is 11.8. The first-order valence-corrected chi connectivity index (χ1v) is 7.38. The van der Waals surface area contributed by atoms with Gasteiger partial charge in [-0.25, -0.2) is 14.4 Å². The van der Waals surface area contributed by atoms with E-state index in [0.717, 1.165) is 17.4 Å². The van der Waals surface area contributed by atoms with E-state index in [1.165, 1.54) is 12.1 Å². The smallest absolute Gasteiger partial charge is 0.335 e. The summed E-state index contributed by atoms with van der Waals surface area (Å²) in [5.74, 6) is -1.98. The van der Waals surface area contributed by atoms with E-state index in [2.05, 4.69) is 27.8 Å². The van der Waals surface area contributed by atoms with Crippen LogP contribution in [0.4, 0.5) is 27.5 Å². The zero-order chi connectivity index (χ0) is 18.8. The van der Waals surface area contributed by atoms with Crippen molar-refractivity contribution in [2.45, 2.75) is 0 Å². The van der Waals surface area contributed by atoms with Crippen LogP contribution in [-0.2, 0) is 0 Å². The molecule has 6 N–H and O–H groups in total. The summed E-state index contributed by atoms with van der Waals surface area (Å²) in [6, 6.07) is 7.83. The lowest BCUT2D eigenvalue weighted by Gasteiger charge is -2.10. The fourth-order valence-electron chi connectivity index (χ4n) is 2.43. The van der Waals surface area contributed by atoms with Crippen LogP contribution in [0.3, 0.4) is 0 Å². The van der Waals surface area contributed by atoms with Crippen LogP contribution in [0.15, 0.2) is 48.8 Å². The van der Waals surface area contributed by atoms with E-state index in [1.807, 2.05) is 0 Å². The van der Waals surface area contributed by atoms with E-state index in [9.17, 15) is 14.4 Å². The molecule has 2 aromatic rings. The molecule has 0 aliphatic carbocycles. The summed E-state index contributed by atoms with van der Waals surface area (Å²) in [6.45, 7) is 3.74. The number of nitrogens with one attached hydrogen (secondary N) is 4. The van der Waals surface area contributed by atoms with Gasteiger partial charge in [0.25, 0.3) is 0 Å². The molecule has 26 heavy (non-hydrogen) atoms. The number of urea groups is 1. The molecule has 2 amide bonds. The molecule has 3 rings (SSSR count). The molecule has 0 spiro atoms. The van der Waals surface area contributed by atoms with Crippen molar-refractivity contribution < 1.29 is 24.6 Å². The highest BCUT2D eigenvalue weighted by Crippen LogP contribution is 2.32. The average Bonchev–Trinajstić information content (AvgIpc) is 2.93. The fourth-order valence-corrected chi connectivity index (χ4v) is 2.43. The summed E-state index contributed by atoms with van der Waals surface area (Å²) in [6.07, 6.45) is 0. The number of anilines is 4. The van der Waals surface area contributed by atoms with Gasteiger partial charge in [-0.1, -0.05) is 6.58 Å². The third-order valence-corrected chi connectivity index (χ3v) is 3.53. The number of fused-ring (bicyclic) bond motifs is 1. The second-order valence-corrected chi connectivity index (χ2v) is 5.48. The van der Waals surface area contributed by atoms with E-state index in [4.69, 9.17) is 10.2 Å². The van der Waals surface area contributed by atoms with Crippen molar-refractivity contribution in [1.82, 2.24) is 0 Å². The van der Waals surface area contributed by atoms with Gasteiger partial charge < -0.3 is 31.5 Å². The number of carboxylic acid groups (broad SMARTS) is 2. The molecule has 9 nitrogen and oxygen atoms in total. The highest BCUT2D eigenvalue weighted by molar-refractivity contribution is 6.03. The topological polar surface area (TPSA) is 140 Å². The van der Waals surface area contributed by atoms with E-state index >= 15 is 0 Å². The van der Waals surface area contributed by atoms with Gasteiger partial charge in [0.15, 0.2) is 0 Å². The van der Waals surface area contributed by atoms with Crippen LogP contribution >= 0.6 is 0 Å². The summed E-state index contributed by atoms with van der Waals surface area (Å²) in [5, 5.41) is 29.1. The van der Waals surface area contributed by atoms with E-state index < -0.39 is 18.0 Å². The summed E-state index contributed by atoms with van der Waals surface area (Å²) in [4.78, 5) is 34.3. The maximum absolute atomic E-state index is 12.1. The lowest BCUT2D eigenvalue weighted by Crippen LogP contribution is -2.20. The van der Waals surface area contributed by atoms with Crippen LogP contribution in [0.1, 0.15) is 20.7 Å². The van der Waals surface area contributed by atoms with Gasteiger partial charge in [0.05, 0.1) is 22.5 Å². The van der Waals surface area contributed by atoms with Crippen LogP contribution in [-0.4, -0.2) is 28.2 Å². The minimum Gasteiger partial charge on any atom is -0.478 e. The van der Waals surface area contributed by atoms with Crippen LogP contribution in [0.5, 0.6) is 0 Å². The lowest BCUT2D eigenvalue weighted by atomic mass is 10.1. The van der Waals surface area contributed by atoms with Crippen molar-refractivity contribution in [1.29, 1.82) is 0 Å². The van der Waals surface area contributed by atoms with Gasteiger partial charge in [-0.3, -0.25) is 0 Å². The second-order valence-electron chi connectivity index (χ2n) is 5.48. The first kappa shape index (κ1) is 16.8. The molecule has 1 heterocycles. The Bertz CT molecular complexity index is 922. The van der Waals surface area contributed by atoms with Gasteiger partial charge in [-0.05, 0) is 36.4 Å². The molecule has 0 saturated heterocycles. The number of carbonyl (C=O) groups excluding carboxylic acids is 1. The summed E-state index contributed by atoms with van der Waals surface area (Å²) in [5.41, 5.74) is 1.61. The molecule has 9 heteroatoms. The van der Waals surface area contributed by atoms with Gasteiger partial charge in [0.2, 0.25) is 0 Å². The highest BCUT2D eigenvalue weighted by Gasteiger charge is 2.15. The van der Waals surface area contributed by atoms with Crippen LogP contribution < -0.4 is 21.3 Å². The monoisotopic (exact) mass is 354 g/mol. The van der Waals surface area contributed by atoms with Gasteiger partial charge >= 0.3 is 18.0 Å². The predicted molar refractivity (Wildman–Crippen MR) is 95.8 cm³/mol. The lowest BCUT2D eigenvalue weighted by molar-refractivity contribution is 0.0696. The first-order chi connectivity index (χ1) is 12.3. The molecule has 0 saturated carbocycles. The van der Waals surface area contributed by atoms with Crippen LogP contribution in [0.25, 0.3) is 0 Å². The molecule has 0 atom stereocenters. The molecule has 0 aromatic heterocycles. The molecular formula is C17H14N4O5. The van der Waals surface area contributed by atoms with Crippen molar-refractivity contribution >= 4 is 40.7 Å². The van der Waals surface area contributed by atoms with Crippen LogP contribution in [0.2, 0.25) is 0 Å². The number of benzene rings is 2. The molecule has 132 valence electrons. The number of amides is 2. The molecule has 0 fully saturated rings. The van der Waals surface area contributed by atoms with Gasteiger partial charge in [0, 0.05) is 11.4 Å². The summed E-state index contributed by atoms with van der Waals surface area (Å²) >= 11 is 0. The zero-order valence-corrected chi connectivity index (χ0v) is 13.3. The quantitative estimate of drug-likeness (QED) is 0.496. The Morgan fingerprint density at radius 2 is 1.38 bits per heavy atom. The number of carbonyl (C=O) groups is 3. The largest absolute Gasteiger partial charge is 0.478 e. The van der Waals surface area contributed by atoms with Gasteiger partial charge in [0.1, 0.15) is 5.82 Å². The Morgan fingerprint density at radius 3 is 2.00 bits per heavy atom. The predicted octanol–water partition coefficient (Wildman–Crippen LogP) is 3.04. The van der Waals surface area contributed by atoms with Crippen molar-refractivity contribution in [3.63, 3.8) is 0 Å². The van der Waals surface area contributed by atoms with E-state index in [0.29, 0.717) is 11.5 Å². The standard InChI is InChI=1S/C17H14N4O5/c1-8-18-13-3-2-11(7-14(13)19-8)20-17(26)21-12-5-9(15(22)23)4-10(6-12)16(24)25/h2-7,18-19H,1H2,(H,22,23)(H,24,25)(H2,20,21,26). The average molecular weight is 354 g/mol. The Morgan fingerprint density at radius 1 is 0.808 bits per heavy atom. The molecule has 1 aliphatic heterocycles. The zero-order valence-electron chi connectivity index (χ0n) is 13.3. The fraction of sp³-hybridized carbons (Fsp3) is 0. The summed E-state index contributed by atoms with van der Waals surface area (Å²) in [7, 11) is 0. The molecule has 0 radical (unpaired) electrons. The Kier molecular flexibility index (Phi) is 4.19. The first-order valence-electron chi connectivity index (χ1n) is 7.38. The maximum atomic E-state index is 12.1. The van der Waals surface area contributed by atoms with Crippen molar-refractivity contribution in [2.24, 2.45) is 0 Å². The number of carboxylic acids is 2. The third kappa shape index (κ3) is 3.56. The Labute approximate surface area is 147 Å². The van der Waals surface area contributed by atoms with Gasteiger partial charge in [-0.2, -0.15) is 0 Å². The molecule has 2 aromatic carbocycles. The molecular weight excluding hydrogens is 340 g/mol. The van der Waals surface area contributed by atoms with Crippen molar-refractivity contribution in [3.8, 4) is 0 Å². The Balaban J connectivity index is 1.76. The minimum absolute atomic E-state index is 0.0501. The molecule has 0 bridgehead atoms. The van der Waals surface area contributed by atoms with E-state index in [1.54, 1.807) is 18.2 Å². The number of hydrogen-bond donors (Lipinski definition) is 6. The van der Waals surface area contributed by atoms with E-state index in [-0.39, 0.29) is 16.8 Å². The number of rotatable bonds is 4. The van der Waals surface area contributed by atoms with Gasteiger partial charge in [-0.15, -0.1) is 0 Å². The highest BCUT2D eigenvalue weighted by atomic mass is 16.4. The number of hydrogen-bond acceptors (Lipinski definition) is 5. The number of aromatic carboxylic acids is 2. The maximum Gasteiger partial charge on any atom is 0.335 e. The summed E-state index contributed by atoms with van der Waals surface area (Å²) < 4.78 is 0. The SMILES string of the molecule is C=C1Nc2ccc(NC(=O)Nc3cc(C(=O)O)cc(C(=O)O)c3)cc2N1. The van der Waals surface area contributed by atoms with Crippen molar-refractivity contribution in [2.75, 3.05) is 21.3 Å². The third-order valence-electron chi connectivity index (χ3n) is 3.53. The Hall–Kier alpha value is -4.01. The van der Waals surface area contributed by atoms with Crippen molar-refractivity contribution in [3.05, 3.63) is 59.9 Å². The second kappa shape index (κ2) is 6.48.